The summed E-state index contributed by atoms with van der Waals surface area (Å²) in [6, 6.07) is 6.22. The number of nitrogens with zero attached hydrogens (tertiary/aromatic N) is 3. The van der Waals surface area contributed by atoms with Crippen LogP contribution in [-0.4, -0.2) is 69.4 Å². The van der Waals surface area contributed by atoms with Gasteiger partial charge in [-0.15, -0.1) is 0 Å². The second kappa shape index (κ2) is 10.2. The number of hydrogen-bond acceptors (Lipinski definition) is 5. The molecular formula is C23H26F3N5O3. The molecule has 1 saturated heterocycles. The number of alkyl halides is 3. The van der Waals surface area contributed by atoms with Crippen molar-refractivity contribution in [1.82, 2.24) is 25.4 Å². The van der Waals surface area contributed by atoms with E-state index in [1.54, 1.807) is 12.4 Å². The van der Waals surface area contributed by atoms with Crippen LogP contribution in [0.4, 0.5) is 13.2 Å². The molecule has 0 aliphatic carbocycles. The number of H-pyrrole nitrogens is 1. The van der Waals surface area contributed by atoms with E-state index in [-0.39, 0.29) is 11.9 Å². The normalized spacial score (nSPS) is 16.6. The van der Waals surface area contributed by atoms with Crippen LogP contribution in [0.3, 0.4) is 0 Å². The predicted octanol–water partition coefficient (Wildman–Crippen LogP) is 3.70. The highest BCUT2D eigenvalue weighted by Crippen LogP contribution is 2.28. The molecule has 1 amide bonds. The lowest BCUT2D eigenvalue weighted by molar-refractivity contribution is -0.192. The number of likely N-dealkylation sites (N-methyl/N-ethyl adjacent to an activating group) is 1. The lowest BCUT2D eigenvalue weighted by Gasteiger charge is -2.30. The van der Waals surface area contributed by atoms with Crippen LogP contribution in [0.2, 0.25) is 0 Å². The Morgan fingerprint density at radius 2 is 1.94 bits per heavy atom. The third-order valence-corrected chi connectivity index (χ3v) is 5.49. The van der Waals surface area contributed by atoms with Crippen LogP contribution < -0.4 is 5.32 Å². The number of nitrogens with one attached hydrogen (secondary N) is 2. The molecule has 0 bridgehead atoms. The lowest BCUT2D eigenvalue weighted by atomic mass is 9.99. The molecule has 8 nitrogen and oxygen atoms in total. The van der Waals surface area contributed by atoms with E-state index in [9.17, 15) is 18.0 Å². The summed E-state index contributed by atoms with van der Waals surface area (Å²) in [5, 5.41) is 18.1. The second-order valence-electron chi connectivity index (χ2n) is 8.40. The van der Waals surface area contributed by atoms with Crippen molar-refractivity contribution in [1.29, 1.82) is 0 Å². The Balaban J connectivity index is 0.000000406. The SMILES string of the molecule is Cc1cc(C)c2nc(-c3cn[nH]c3)cc(C(=O)NC3CCCN(C)C3)c2c1.O=C(O)C(F)(F)F. The quantitative estimate of drug-likeness (QED) is 0.531. The number of fused-ring (bicyclic) bond motifs is 1. The number of aromatic amines is 1. The summed E-state index contributed by atoms with van der Waals surface area (Å²) in [4.78, 5) is 29.2. The van der Waals surface area contributed by atoms with Gasteiger partial charge in [0.2, 0.25) is 0 Å². The minimum atomic E-state index is -5.08. The maximum atomic E-state index is 13.2. The highest BCUT2D eigenvalue weighted by atomic mass is 19.4. The van der Waals surface area contributed by atoms with E-state index in [2.05, 4.69) is 39.6 Å². The van der Waals surface area contributed by atoms with E-state index in [0.717, 1.165) is 59.2 Å². The number of pyridine rings is 1. The molecule has 3 heterocycles. The van der Waals surface area contributed by atoms with Crippen LogP contribution in [0.5, 0.6) is 0 Å². The van der Waals surface area contributed by atoms with Gasteiger partial charge in [-0.2, -0.15) is 18.3 Å². The molecule has 0 radical (unpaired) electrons. The minimum Gasteiger partial charge on any atom is -0.475 e. The molecule has 1 aliphatic heterocycles. The Bertz CT molecular complexity index is 1180. The van der Waals surface area contributed by atoms with Gasteiger partial charge in [0.1, 0.15) is 0 Å². The van der Waals surface area contributed by atoms with E-state index >= 15 is 0 Å². The van der Waals surface area contributed by atoms with E-state index in [1.165, 1.54) is 0 Å². The molecule has 2 aromatic heterocycles. The van der Waals surface area contributed by atoms with Crippen molar-refractivity contribution in [3.8, 4) is 11.3 Å². The first-order valence-corrected chi connectivity index (χ1v) is 10.7. The van der Waals surface area contributed by atoms with Gasteiger partial charge < -0.3 is 15.3 Å². The number of rotatable bonds is 3. The fourth-order valence-electron chi connectivity index (χ4n) is 3.95. The number of aryl methyl sites for hydroxylation is 2. The molecular weight excluding hydrogens is 451 g/mol. The Kier molecular flexibility index (Phi) is 7.55. The molecule has 3 aromatic rings. The van der Waals surface area contributed by atoms with Gasteiger partial charge in [0, 0.05) is 29.7 Å². The van der Waals surface area contributed by atoms with E-state index in [1.807, 2.05) is 19.9 Å². The topological polar surface area (TPSA) is 111 Å². The summed E-state index contributed by atoms with van der Waals surface area (Å²) in [6.45, 7) is 6.07. The number of benzene rings is 1. The lowest BCUT2D eigenvalue weighted by Crippen LogP contribution is -2.46. The van der Waals surface area contributed by atoms with Crippen molar-refractivity contribution >= 4 is 22.8 Å². The second-order valence-corrected chi connectivity index (χ2v) is 8.40. The van der Waals surface area contributed by atoms with Crippen LogP contribution in [0.1, 0.15) is 34.3 Å². The number of hydrogen-bond donors (Lipinski definition) is 3. The van der Waals surface area contributed by atoms with Crippen molar-refractivity contribution in [2.45, 2.75) is 38.9 Å². The number of amides is 1. The number of likely N-dealkylation sites (tertiary alicyclic amines) is 1. The van der Waals surface area contributed by atoms with Crippen molar-refractivity contribution in [3.63, 3.8) is 0 Å². The molecule has 34 heavy (non-hydrogen) atoms. The largest absolute Gasteiger partial charge is 0.490 e. The van der Waals surface area contributed by atoms with Crippen LogP contribution in [0.25, 0.3) is 22.2 Å². The number of aliphatic carboxylic acids is 1. The Hall–Kier alpha value is -3.47. The maximum absolute atomic E-state index is 13.2. The van der Waals surface area contributed by atoms with Crippen molar-refractivity contribution < 1.29 is 27.9 Å². The van der Waals surface area contributed by atoms with E-state index in [4.69, 9.17) is 14.9 Å². The molecule has 1 aromatic carbocycles. The summed E-state index contributed by atoms with van der Waals surface area (Å²) in [7, 11) is 2.10. The van der Waals surface area contributed by atoms with Gasteiger partial charge >= 0.3 is 12.1 Å². The predicted molar refractivity (Wildman–Crippen MR) is 120 cm³/mol. The highest BCUT2D eigenvalue weighted by molar-refractivity contribution is 6.08. The minimum absolute atomic E-state index is 0.0301. The fourth-order valence-corrected chi connectivity index (χ4v) is 3.95. The molecule has 3 N–H and O–H groups in total. The molecule has 0 spiro atoms. The van der Waals surface area contributed by atoms with Crippen molar-refractivity contribution in [2.75, 3.05) is 20.1 Å². The molecule has 1 aliphatic rings. The van der Waals surface area contributed by atoms with Gasteiger partial charge in [0.25, 0.3) is 5.91 Å². The molecule has 0 saturated carbocycles. The van der Waals surface area contributed by atoms with Gasteiger partial charge in [0.15, 0.2) is 0 Å². The number of carbonyl (C=O) groups excluding carboxylic acids is 1. The Morgan fingerprint density at radius 1 is 1.24 bits per heavy atom. The van der Waals surface area contributed by atoms with Crippen molar-refractivity contribution in [2.24, 2.45) is 0 Å². The van der Waals surface area contributed by atoms with Gasteiger partial charge in [-0.05, 0) is 58.0 Å². The third kappa shape index (κ3) is 6.10. The van der Waals surface area contributed by atoms with Gasteiger partial charge in [0.05, 0.1) is 23.0 Å². The summed E-state index contributed by atoms with van der Waals surface area (Å²) in [5.74, 6) is -2.79. The zero-order valence-corrected chi connectivity index (χ0v) is 19.0. The van der Waals surface area contributed by atoms with Crippen LogP contribution in [0.15, 0.2) is 30.6 Å². The number of aromatic nitrogens is 3. The standard InChI is InChI=1S/C21H25N5O.C2HF3O2/c1-13-7-14(2)20-17(8-13)18(9-19(25-20)15-10-22-23-11-15)21(27)24-16-5-4-6-26(3)12-16;3-2(4,5)1(6)7/h7-11,16H,4-6,12H2,1-3H3,(H,22,23)(H,24,27);(H,6,7). The number of piperidine rings is 1. The average molecular weight is 477 g/mol. The monoisotopic (exact) mass is 477 g/mol. The molecule has 4 rings (SSSR count). The zero-order chi connectivity index (χ0) is 25.0. The molecule has 1 unspecified atom stereocenters. The molecule has 182 valence electrons. The summed E-state index contributed by atoms with van der Waals surface area (Å²) >= 11 is 0. The van der Waals surface area contributed by atoms with E-state index < -0.39 is 12.1 Å². The number of halogens is 3. The first-order chi connectivity index (χ1) is 16.0. The van der Waals surface area contributed by atoms with Crippen LogP contribution in [0, 0.1) is 13.8 Å². The summed E-state index contributed by atoms with van der Waals surface area (Å²) < 4.78 is 31.7. The van der Waals surface area contributed by atoms with Gasteiger partial charge in [-0.1, -0.05) is 11.6 Å². The summed E-state index contributed by atoms with van der Waals surface area (Å²) in [6.07, 6.45) is 0.577. The first-order valence-electron chi connectivity index (χ1n) is 10.7. The molecule has 1 fully saturated rings. The van der Waals surface area contributed by atoms with Crippen LogP contribution >= 0.6 is 0 Å². The first kappa shape index (κ1) is 25.2. The maximum Gasteiger partial charge on any atom is 0.490 e. The van der Waals surface area contributed by atoms with Gasteiger partial charge in [-0.25, -0.2) is 9.78 Å². The number of carboxylic acid groups (broad SMARTS) is 1. The fraction of sp³-hybridized carbons (Fsp3) is 0.391. The summed E-state index contributed by atoms with van der Waals surface area (Å²) in [5.41, 5.74) is 5.38. The van der Waals surface area contributed by atoms with E-state index in [0.29, 0.717) is 5.56 Å². The van der Waals surface area contributed by atoms with Crippen LogP contribution in [-0.2, 0) is 4.79 Å². The highest BCUT2D eigenvalue weighted by Gasteiger charge is 2.38. The van der Waals surface area contributed by atoms with Gasteiger partial charge in [-0.3, -0.25) is 9.89 Å². The number of carboxylic acids is 1. The number of carbonyl (C=O) groups is 2. The Labute approximate surface area is 194 Å². The molecule has 11 heteroatoms. The third-order valence-electron chi connectivity index (χ3n) is 5.49. The Morgan fingerprint density at radius 3 is 2.53 bits per heavy atom. The average Bonchev–Trinajstić information content (AvgIpc) is 3.28. The smallest absolute Gasteiger partial charge is 0.475 e. The molecule has 1 atom stereocenters. The zero-order valence-electron chi connectivity index (χ0n) is 19.0. The van der Waals surface area contributed by atoms with Crippen molar-refractivity contribution in [3.05, 3.63) is 47.3 Å².